The van der Waals surface area contributed by atoms with Gasteiger partial charge in [0.25, 0.3) is 0 Å². The number of hydrogen-bond acceptors (Lipinski definition) is 5. The summed E-state index contributed by atoms with van der Waals surface area (Å²) >= 11 is 0. The molecule has 2 saturated heterocycles. The van der Waals surface area contributed by atoms with E-state index >= 15 is 0 Å². The zero-order valence-electron chi connectivity index (χ0n) is 16.7. The highest BCUT2D eigenvalue weighted by molar-refractivity contribution is 6.60. The van der Waals surface area contributed by atoms with Gasteiger partial charge in [-0.25, -0.2) is 0 Å². The molecule has 0 aromatic carbocycles. The van der Waals surface area contributed by atoms with E-state index in [2.05, 4.69) is 20.8 Å². The van der Waals surface area contributed by atoms with Crippen LogP contribution >= 0.6 is 0 Å². The largest absolute Gasteiger partial charge is 0.501 e. The van der Waals surface area contributed by atoms with Gasteiger partial charge < -0.3 is 22.8 Å². The summed E-state index contributed by atoms with van der Waals surface area (Å²) in [6, 6.07) is 0.941. The van der Waals surface area contributed by atoms with Crippen LogP contribution in [-0.2, 0) is 22.8 Å². The molecule has 2 aliphatic heterocycles. The molecule has 4 rings (SSSR count). The first-order valence-electron chi connectivity index (χ1n) is 10.9. The van der Waals surface area contributed by atoms with Gasteiger partial charge in [0, 0.05) is 25.4 Å². The van der Waals surface area contributed by atoms with Crippen LogP contribution < -0.4 is 0 Å². The van der Waals surface area contributed by atoms with Gasteiger partial charge in [0.15, 0.2) is 0 Å². The zero-order chi connectivity index (χ0) is 18.1. The minimum absolute atomic E-state index is 0.187. The predicted octanol–water partition coefficient (Wildman–Crippen LogP) is 3.93. The maximum atomic E-state index is 6.66. The minimum atomic E-state index is -2.62. The van der Waals surface area contributed by atoms with Gasteiger partial charge in [-0.15, -0.1) is 0 Å². The smallest absolute Gasteiger partial charge is 0.374 e. The molecule has 7 unspecified atom stereocenters. The summed E-state index contributed by atoms with van der Waals surface area (Å²) in [6.07, 6.45) is 10.7. The molecule has 2 heterocycles. The molecule has 7 atom stereocenters. The molecule has 2 saturated carbocycles. The highest BCUT2D eigenvalue weighted by Crippen LogP contribution is 2.43. The summed E-state index contributed by atoms with van der Waals surface area (Å²) in [5.74, 6) is 1.31. The molecule has 4 aliphatic rings. The Balaban J connectivity index is 1.34. The molecule has 0 amide bonds. The molecule has 0 aromatic heterocycles. The molecule has 0 bridgehead atoms. The molecule has 0 radical (unpaired) electrons. The number of hydrogen-bond donors (Lipinski definition) is 0. The fourth-order valence-electron chi connectivity index (χ4n) is 5.12. The van der Waals surface area contributed by atoms with Gasteiger partial charge in [-0.2, -0.15) is 0 Å². The maximum absolute atomic E-state index is 6.66. The van der Waals surface area contributed by atoms with Crippen molar-refractivity contribution in [2.24, 2.45) is 11.8 Å². The zero-order valence-corrected chi connectivity index (χ0v) is 17.7. The second kappa shape index (κ2) is 8.17. The fraction of sp³-hybridized carbons (Fsp3) is 1.00. The quantitative estimate of drug-likeness (QED) is 0.422. The van der Waals surface area contributed by atoms with Crippen LogP contribution in [0.1, 0.15) is 65.7 Å². The third-order valence-electron chi connectivity index (χ3n) is 6.77. The van der Waals surface area contributed by atoms with Crippen molar-refractivity contribution in [3.8, 4) is 0 Å². The van der Waals surface area contributed by atoms with E-state index in [9.17, 15) is 0 Å². The van der Waals surface area contributed by atoms with Crippen molar-refractivity contribution < 1.29 is 22.8 Å². The summed E-state index contributed by atoms with van der Waals surface area (Å²) in [5, 5.41) is 0. The van der Waals surface area contributed by atoms with Crippen LogP contribution in [0.25, 0.3) is 0 Å². The van der Waals surface area contributed by atoms with E-state index in [1.807, 2.05) is 0 Å². The topological polar surface area (TPSA) is 52.8 Å². The molecule has 5 nitrogen and oxygen atoms in total. The van der Waals surface area contributed by atoms with Crippen LogP contribution in [0.3, 0.4) is 0 Å². The second-order valence-electron chi connectivity index (χ2n) is 8.59. The number of rotatable bonds is 10. The molecule has 0 spiro atoms. The summed E-state index contributed by atoms with van der Waals surface area (Å²) in [5.41, 5.74) is 0. The fourth-order valence-corrected chi connectivity index (χ4v) is 8.15. The summed E-state index contributed by atoms with van der Waals surface area (Å²) in [4.78, 5) is 0. The van der Waals surface area contributed by atoms with Gasteiger partial charge in [-0.1, -0.05) is 0 Å². The predicted molar refractivity (Wildman–Crippen MR) is 101 cm³/mol. The van der Waals surface area contributed by atoms with Gasteiger partial charge >= 0.3 is 8.80 Å². The first kappa shape index (κ1) is 19.3. The van der Waals surface area contributed by atoms with Crippen molar-refractivity contribution in [3.05, 3.63) is 0 Å². The van der Waals surface area contributed by atoms with Gasteiger partial charge in [0.1, 0.15) is 0 Å². The summed E-state index contributed by atoms with van der Waals surface area (Å²) in [7, 11) is -2.62. The normalized spacial score (nSPS) is 39.8. The van der Waals surface area contributed by atoms with Crippen LogP contribution in [0, 0.1) is 11.8 Å². The Kier molecular flexibility index (Phi) is 6.08. The lowest BCUT2D eigenvalue weighted by Gasteiger charge is -2.36. The van der Waals surface area contributed by atoms with Gasteiger partial charge in [0.2, 0.25) is 0 Å². The van der Waals surface area contributed by atoms with Gasteiger partial charge in [0.05, 0.1) is 24.4 Å². The second-order valence-corrected chi connectivity index (χ2v) is 11.3. The Morgan fingerprint density at radius 1 is 0.885 bits per heavy atom. The third kappa shape index (κ3) is 4.53. The Morgan fingerprint density at radius 3 is 2.15 bits per heavy atom. The Labute approximate surface area is 159 Å². The minimum Gasteiger partial charge on any atom is -0.374 e. The Bertz CT molecular complexity index is 469. The lowest BCUT2D eigenvalue weighted by atomic mass is 9.86. The van der Waals surface area contributed by atoms with Crippen molar-refractivity contribution in [2.75, 3.05) is 13.2 Å². The number of ether oxygens (including phenoxy) is 2. The van der Waals surface area contributed by atoms with Crippen LogP contribution in [0.2, 0.25) is 6.04 Å². The molecule has 0 aromatic rings. The monoisotopic (exact) mass is 384 g/mol. The molecule has 6 heteroatoms. The highest BCUT2D eigenvalue weighted by Gasteiger charge is 2.49. The van der Waals surface area contributed by atoms with Crippen LogP contribution in [0.5, 0.6) is 0 Å². The average molecular weight is 385 g/mol. The summed E-state index contributed by atoms with van der Waals surface area (Å²) < 4.78 is 30.5. The van der Waals surface area contributed by atoms with Crippen molar-refractivity contribution in [3.63, 3.8) is 0 Å². The van der Waals surface area contributed by atoms with Crippen LogP contribution in [0.15, 0.2) is 0 Å². The standard InChI is InChI=1S/C20H36O5Si/c1-4-21-26(22-5-2,11-10-15-6-8-17-19(12-15)23-17)25-14(3)16-7-9-18-20(13-16)24-18/h14-20H,4-13H2,1-3H3. The van der Waals surface area contributed by atoms with E-state index in [0.29, 0.717) is 43.5 Å². The van der Waals surface area contributed by atoms with Crippen molar-refractivity contribution in [1.29, 1.82) is 0 Å². The molecular weight excluding hydrogens is 348 g/mol. The Hall–Kier alpha value is 0.0169. The van der Waals surface area contributed by atoms with E-state index in [1.165, 1.54) is 32.1 Å². The molecule has 2 aliphatic carbocycles. The molecule has 4 fully saturated rings. The van der Waals surface area contributed by atoms with E-state index in [4.69, 9.17) is 22.8 Å². The van der Waals surface area contributed by atoms with Crippen molar-refractivity contribution >= 4 is 8.80 Å². The molecule has 150 valence electrons. The number of epoxide rings is 2. The van der Waals surface area contributed by atoms with Crippen molar-refractivity contribution in [2.45, 2.75) is 102 Å². The SMILES string of the molecule is CCO[Si](CCC1CCC2OC2C1)(OCC)OC(C)C1CCC2OC2C1. The Morgan fingerprint density at radius 2 is 1.54 bits per heavy atom. The van der Waals surface area contributed by atoms with Gasteiger partial charge in [-0.3, -0.25) is 0 Å². The van der Waals surface area contributed by atoms with E-state index in [0.717, 1.165) is 24.8 Å². The summed E-state index contributed by atoms with van der Waals surface area (Å²) in [6.45, 7) is 7.66. The molecular formula is C20H36O5Si. The lowest BCUT2D eigenvalue weighted by Crippen LogP contribution is -2.50. The van der Waals surface area contributed by atoms with Crippen LogP contribution in [-0.4, -0.2) is 52.5 Å². The van der Waals surface area contributed by atoms with E-state index in [1.54, 1.807) is 0 Å². The average Bonchev–Trinajstić information content (AvgIpc) is 3.53. The van der Waals surface area contributed by atoms with E-state index in [-0.39, 0.29) is 6.10 Å². The maximum Gasteiger partial charge on any atom is 0.501 e. The first-order chi connectivity index (χ1) is 12.6. The first-order valence-corrected chi connectivity index (χ1v) is 12.8. The molecule has 0 N–H and O–H groups in total. The number of fused-ring (bicyclic) bond motifs is 2. The molecule has 26 heavy (non-hydrogen) atoms. The lowest BCUT2D eigenvalue weighted by molar-refractivity contribution is 0.00951. The van der Waals surface area contributed by atoms with Crippen molar-refractivity contribution in [1.82, 2.24) is 0 Å². The van der Waals surface area contributed by atoms with Gasteiger partial charge in [-0.05, 0) is 77.6 Å². The highest BCUT2D eigenvalue weighted by atomic mass is 28.4. The van der Waals surface area contributed by atoms with E-state index < -0.39 is 8.80 Å². The third-order valence-corrected chi connectivity index (χ3v) is 9.86. The van der Waals surface area contributed by atoms with Crippen LogP contribution in [0.4, 0.5) is 0 Å².